The Hall–Kier alpha value is -2.31. The molecule has 0 unspecified atom stereocenters. The van der Waals surface area contributed by atoms with Crippen molar-refractivity contribution in [3.05, 3.63) is 53.6 Å². The average Bonchev–Trinajstić information content (AvgIpc) is 2.74. The van der Waals surface area contributed by atoms with Crippen LogP contribution in [0.5, 0.6) is 0 Å². The molecular weight excluding hydrogens is 442 g/mol. The highest BCUT2D eigenvalue weighted by molar-refractivity contribution is 7.89. The summed E-state index contributed by atoms with van der Waals surface area (Å²) in [6.45, 7) is 2.86. The summed E-state index contributed by atoms with van der Waals surface area (Å²) < 4.78 is 58.1. The van der Waals surface area contributed by atoms with E-state index in [2.05, 4.69) is 5.32 Å². The molecule has 1 aliphatic heterocycles. The Morgan fingerprint density at radius 1 is 1.00 bits per heavy atom. The monoisotopic (exact) mass is 467 g/mol. The maximum atomic E-state index is 12.9. The number of hydrogen-bond acceptors (Lipinski definition) is 6. The largest absolute Gasteiger partial charge is 0.379 e. The first-order valence-corrected chi connectivity index (χ1v) is 12.4. The van der Waals surface area contributed by atoms with Gasteiger partial charge in [0.25, 0.3) is 5.91 Å². The molecule has 1 fully saturated rings. The van der Waals surface area contributed by atoms with Crippen molar-refractivity contribution in [2.24, 2.45) is 0 Å². The summed E-state index contributed by atoms with van der Waals surface area (Å²) in [6, 6.07) is 10.3. The maximum absolute atomic E-state index is 12.9. The molecule has 1 heterocycles. The third kappa shape index (κ3) is 4.96. The Labute approximate surface area is 182 Å². The SMILES string of the molecule is Cc1ccc(S(=O)(=O)N2CCOCC2)cc1C(=O)Nc1cccc(S(=O)(=O)N(C)C)c1. The summed E-state index contributed by atoms with van der Waals surface area (Å²) in [5.41, 5.74) is 1.07. The number of carbonyl (C=O) groups is 1. The number of amides is 1. The second kappa shape index (κ2) is 9.05. The van der Waals surface area contributed by atoms with E-state index in [1.165, 1.54) is 48.7 Å². The number of ether oxygens (including phenoxy) is 1. The molecule has 0 spiro atoms. The minimum Gasteiger partial charge on any atom is -0.379 e. The lowest BCUT2D eigenvalue weighted by Gasteiger charge is -2.26. The highest BCUT2D eigenvalue weighted by Gasteiger charge is 2.27. The minimum absolute atomic E-state index is 0.0223. The number of aryl methyl sites for hydroxylation is 1. The zero-order valence-corrected chi connectivity index (χ0v) is 19.2. The second-order valence-corrected chi connectivity index (χ2v) is 11.4. The first-order valence-electron chi connectivity index (χ1n) is 9.56. The van der Waals surface area contributed by atoms with Gasteiger partial charge < -0.3 is 10.1 Å². The van der Waals surface area contributed by atoms with Crippen molar-refractivity contribution in [2.45, 2.75) is 16.7 Å². The highest BCUT2D eigenvalue weighted by atomic mass is 32.2. The van der Waals surface area contributed by atoms with E-state index in [1.807, 2.05) is 0 Å². The molecule has 1 aliphatic rings. The number of benzene rings is 2. The van der Waals surface area contributed by atoms with Crippen LogP contribution in [0.25, 0.3) is 0 Å². The third-order valence-electron chi connectivity index (χ3n) is 4.93. The summed E-state index contributed by atoms with van der Waals surface area (Å²) >= 11 is 0. The summed E-state index contributed by atoms with van der Waals surface area (Å²) in [7, 11) is -4.57. The number of hydrogen-bond donors (Lipinski definition) is 1. The number of nitrogens with one attached hydrogen (secondary N) is 1. The molecule has 0 bridgehead atoms. The summed E-state index contributed by atoms with van der Waals surface area (Å²) in [5, 5.41) is 2.66. The second-order valence-electron chi connectivity index (χ2n) is 7.26. The van der Waals surface area contributed by atoms with Crippen LogP contribution in [0.1, 0.15) is 15.9 Å². The van der Waals surface area contributed by atoms with Crippen molar-refractivity contribution in [3.8, 4) is 0 Å². The van der Waals surface area contributed by atoms with E-state index < -0.39 is 26.0 Å². The van der Waals surface area contributed by atoms with Crippen molar-refractivity contribution < 1.29 is 26.4 Å². The van der Waals surface area contributed by atoms with Crippen molar-refractivity contribution >= 4 is 31.6 Å². The molecule has 1 amide bonds. The standard InChI is InChI=1S/C20H25N3O6S2/c1-15-7-8-18(31(27,28)23-9-11-29-12-10-23)14-19(15)20(24)21-16-5-4-6-17(13-16)30(25,26)22(2)3/h4-8,13-14H,9-12H2,1-3H3,(H,21,24). The smallest absolute Gasteiger partial charge is 0.255 e. The predicted molar refractivity (Wildman–Crippen MR) is 116 cm³/mol. The van der Waals surface area contributed by atoms with Crippen LogP contribution in [0.2, 0.25) is 0 Å². The number of anilines is 1. The van der Waals surface area contributed by atoms with Crippen LogP contribution in [-0.2, 0) is 24.8 Å². The Kier molecular flexibility index (Phi) is 6.82. The number of rotatable bonds is 6. The van der Waals surface area contributed by atoms with Gasteiger partial charge in [-0.2, -0.15) is 4.31 Å². The highest BCUT2D eigenvalue weighted by Crippen LogP contribution is 2.23. The van der Waals surface area contributed by atoms with Crippen LogP contribution in [0.4, 0.5) is 5.69 Å². The molecule has 0 atom stereocenters. The van der Waals surface area contributed by atoms with Gasteiger partial charge in [0.1, 0.15) is 0 Å². The fourth-order valence-electron chi connectivity index (χ4n) is 3.09. The van der Waals surface area contributed by atoms with E-state index in [4.69, 9.17) is 4.74 Å². The Morgan fingerprint density at radius 3 is 2.32 bits per heavy atom. The van der Waals surface area contributed by atoms with E-state index in [1.54, 1.807) is 19.1 Å². The maximum Gasteiger partial charge on any atom is 0.255 e. The van der Waals surface area contributed by atoms with Crippen LogP contribution in [0.3, 0.4) is 0 Å². The quantitative estimate of drug-likeness (QED) is 0.689. The summed E-state index contributed by atoms with van der Waals surface area (Å²) in [5.74, 6) is -0.532. The fraction of sp³-hybridized carbons (Fsp3) is 0.350. The number of morpholine rings is 1. The molecule has 0 saturated carbocycles. The molecule has 1 N–H and O–H groups in total. The Balaban J connectivity index is 1.89. The molecule has 31 heavy (non-hydrogen) atoms. The first-order chi connectivity index (χ1) is 14.5. The average molecular weight is 468 g/mol. The van der Waals surface area contributed by atoms with E-state index in [0.29, 0.717) is 18.8 Å². The van der Waals surface area contributed by atoms with E-state index in [-0.39, 0.29) is 34.1 Å². The molecule has 0 aromatic heterocycles. The minimum atomic E-state index is -3.75. The first kappa shape index (κ1) is 23.4. The lowest BCUT2D eigenvalue weighted by atomic mass is 10.1. The fourth-order valence-corrected chi connectivity index (χ4v) is 5.47. The normalized spacial score (nSPS) is 15.7. The van der Waals surface area contributed by atoms with Crippen molar-refractivity contribution in [3.63, 3.8) is 0 Å². The molecule has 168 valence electrons. The number of sulfonamides is 2. The molecule has 2 aromatic rings. The van der Waals surface area contributed by atoms with Gasteiger partial charge in [0, 0.05) is 38.4 Å². The van der Waals surface area contributed by atoms with Crippen LogP contribution < -0.4 is 5.32 Å². The van der Waals surface area contributed by atoms with Crippen LogP contribution in [-0.4, -0.2) is 71.8 Å². The topological polar surface area (TPSA) is 113 Å². The lowest BCUT2D eigenvalue weighted by molar-refractivity contribution is 0.0730. The molecular formula is C20H25N3O6S2. The van der Waals surface area contributed by atoms with Crippen molar-refractivity contribution in [1.29, 1.82) is 0 Å². The molecule has 9 nitrogen and oxygen atoms in total. The molecule has 11 heteroatoms. The van der Waals surface area contributed by atoms with Gasteiger partial charge in [0.05, 0.1) is 23.0 Å². The van der Waals surface area contributed by atoms with Gasteiger partial charge in [-0.1, -0.05) is 12.1 Å². The lowest BCUT2D eigenvalue weighted by Crippen LogP contribution is -2.40. The van der Waals surface area contributed by atoms with Gasteiger partial charge in [-0.05, 0) is 42.8 Å². The van der Waals surface area contributed by atoms with Gasteiger partial charge in [0.15, 0.2) is 0 Å². The Morgan fingerprint density at radius 2 is 1.68 bits per heavy atom. The van der Waals surface area contributed by atoms with Crippen molar-refractivity contribution in [1.82, 2.24) is 8.61 Å². The van der Waals surface area contributed by atoms with Gasteiger partial charge in [-0.25, -0.2) is 21.1 Å². The molecule has 0 radical (unpaired) electrons. The predicted octanol–water partition coefficient (Wildman–Crippen LogP) is 1.52. The van der Waals surface area contributed by atoms with Gasteiger partial charge in [0.2, 0.25) is 20.0 Å². The zero-order valence-electron chi connectivity index (χ0n) is 17.5. The number of nitrogens with zero attached hydrogens (tertiary/aromatic N) is 2. The van der Waals surface area contributed by atoms with Gasteiger partial charge in [-0.15, -0.1) is 0 Å². The van der Waals surface area contributed by atoms with Crippen molar-refractivity contribution in [2.75, 3.05) is 45.7 Å². The van der Waals surface area contributed by atoms with Gasteiger partial charge in [-0.3, -0.25) is 4.79 Å². The Bertz CT molecular complexity index is 1190. The summed E-state index contributed by atoms with van der Waals surface area (Å²) in [6.07, 6.45) is 0. The molecule has 0 aliphatic carbocycles. The van der Waals surface area contributed by atoms with E-state index in [9.17, 15) is 21.6 Å². The zero-order chi connectivity index (χ0) is 22.8. The summed E-state index contributed by atoms with van der Waals surface area (Å²) in [4.78, 5) is 12.9. The van der Waals surface area contributed by atoms with Gasteiger partial charge >= 0.3 is 0 Å². The molecule has 2 aromatic carbocycles. The van der Waals surface area contributed by atoms with E-state index >= 15 is 0 Å². The van der Waals surface area contributed by atoms with Crippen LogP contribution >= 0.6 is 0 Å². The van der Waals surface area contributed by atoms with E-state index in [0.717, 1.165) is 4.31 Å². The van der Waals surface area contributed by atoms with Crippen LogP contribution in [0.15, 0.2) is 52.3 Å². The number of carbonyl (C=O) groups excluding carboxylic acids is 1. The molecule has 3 rings (SSSR count). The third-order valence-corrected chi connectivity index (χ3v) is 8.64. The molecule has 1 saturated heterocycles. The van der Waals surface area contributed by atoms with Crippen LogP contribution in [0, 0.1) is 6.92 Å².